The summed E-state index contributed by atoms with van der Waals surface area (Å²) in [6.07, 6.45) is -0.860. The zero-order valence-corrected chi connectivity index (χ0v) is 16.2. The van der Waals surface area contributed by atoms with Crippen molar-refractivity contribution in [2.24, 2.45) is 0 Å². The lowest BCUT2D eigenvalue weighted by Gasteiger charge is -2.41. The normalized spacial score (nSPS) is 23.3. The number of benzene rings is 2. The van der Waals surface area contributed by atoms with Gasteiger partial charge in [-0.1, -0.05) is 41.4 Å². The van der Waals surface area contributed by atoms with Crippen molar-refractivity contribution < 1.29 is 23.1 Å². The molecule has 2 aromatic rings. The Morgan fingerprint density at radius 3 is 2.36 bits per heavy atom. The topological polar surface area (TPSA) is 49.3 Å². The molecule has 0 radical (unpaired) electrons. The molecule has 3 rings (SSSR count). The second kappa shape index (κ2) is 8.31. The predicted octanol–water partition coefficient (Wildman–Crippen LogP) is 5.39. The molecule has 8 heteroatoms. The van der Waals surface area contributed by atoms with Crippen LogP contribution >= 0.6 is 23.2 Å². The second-order valence-electron chi connectivity index (χ2n) is 6.92. The maximum Gasteiger partial charge on any atom is 0.256 e. The van der Waals surface area contributed by atoms with E-state index in [0.717, 1.165) is 12.1 Å². The van der Waals surface area contributed by atoms with E-state index in [0.29, 0.717) is 0 Å². The van der Waals surface area contributed by atoms with Gasteiger partial charge in [0, 0.05) is 0 Å². The van der Waals surface area contributed by atoms with E-state index in [-0.39, 0.29) is 41.3 Å². The lowest BCUT2D eigenvalue weighted by molar-refractivity contribution is -0.0446. The van der Waals surface area contributed by atoms with Crippen LogP contribution in [0.25, 0.3) is 0 Å². The van der Waals surface area contributed by atoms with Crippen molar-refractivity contribution in [1.29, 1.82) is 0 Å². The molecular weight excluding hydrogens is 414 g/mol. The lowest BCUT2D eigenvalue weighted by atomic mass is 9.76. The molecule has 1 aliphatic rings. The summed E-state index contributed by atoms with van der Waals surface area (Å²) in [6, 6.07) is 6.59. The van der Waals surface area contributed by atoms with E-state index >= 15 is 0 Å². The highest BCUT2D eigenvalue weighted by atomic mass is 35.5. The first-order valence-corrected chi connectivity index (χ1v) is 9.54. The Hall–Kier alpha value is -1.76. The summed E-state index contributed by atoms with van der Waals surface area (Å²) in [5.41, 5.74) is -1.85. The molecule has 0 spiro atoms. The van der Waals surface area contributed by atoms with Crippen LogP contribution in [-0.4, -0.2) is 22.8 Å². The van der Waals surface area contributed by atoms with Crippen LogP contribution in [0.1, 0.15) is 47.6 Å². The summed E-state index contributed by atoms with van der Waals surface area (Å²) in [5, 5.41) is 13.3. The number of amides is 1. The van der Waals surface area contributed by atoms with Crippen LogP contribution in [0.4, 0.5) is 13.2 Å². The molecule has 1 amide bonds. The minimum Gasteiger partial charge on any atom is -0.387 e. The van der Waals surface area contributed by atoms with Gasteiger partial charge in [0.15, 0.2) is 0 Å². The average molecular weight is 432 g/mol. The van der Waals surface area contributed by atoms with Gasteiger partial charge in [-0.2, -0.15) is 0 Å². The van der Waals surface area contributed by atoms with Crippen LogP contribution in [0.5, 0.6) is 0 Å². The van der Waals surface area contributed by atoms with Gasteiger partial charge in [-0.15, -0.1) is 0 Å². The summed E-state index contributed by atoms with van der Waals surface area (Å²) >= 11 is 12.0. The molecule has 0 aromatic heterocycles. The van der Waals surface area contributed by atoms with Crippen LogP contribution in [-0.2, 0) is 0 Å². The standard InChI is InChI=1S/C20H18Cl2F3NO2/c21-13-4-2-5-14(24)16(13)19(27)26-18(12-3-1-6-15(25)17(12)22)20(28)9-7-11(23)8-10-20/h1-6,11,18,28H,7-10H2,(H,26,27). The zero-order chi connectivity index (χ0) is 20.5. The van der Waals surface area contributed by atoms with Crippen molar-refractivity contribution in [3.63, 3.8) is 0 Å². The van der Waals surface area contributed by atoms with Crippen LogP contribution in [0.2, 0.25) is 10.0 Å². The minimum atomic E-state index is -1.58. The van der Waals surface area contributed by atoms with E-state index < -0.39 is 40.9 Å². The van der Waals surface area contributed by atoms with E-state index in [1.165, 1.54) is 24.3 Å². The van der Waals surface area contributed by atoms with Gasteiger partial charge in [-0.05, 0) is 49.4 Å². The van der Waals surface area contributed by atoms with Gasteiger partial charge < -0.3 is 10.4 Å². The first-order valence-electron chi connectivity index (χ1n) is 8.78. The fourth-order valence-corrected chi connectivity index (χ4v) is 4.02. The molecule has 0 aliphatic heterocycles. The van der Waals surface area contributed by atoms with Gasteiger partial charge in [0.05, 0.1) is 27.3 Å². The molecule has 1 unspecified atom stereocenters. The van der Waals surface area contributed by atoms with Crippen molar-refractivity contribution in [3.8, 4) is 0 Å². The molecule has 3 nitrogen and oxygen atoms in total. The third-order valence-corrected chi connectivity index (χ3v) is 5.79. The number of hydrogen-bond acceptors (Lipinski definition) is 2. The van der Waals surface area contributed by atoms with Crippen molar-refractivity contribution in [2.45, 2.75) is 43.5 Å². The summed E-state index contributed by atoms with van der Waals surface area (Å²) in [7, 11) is 0. The first-order chi connectivity index (χ1) is 13.2. The molecule has 28 heavy (non-hydrogen) atoms. The summed E-state index contributed by atoms with van der Waals surface area (Å²) in [4.78, 5) is 12.8. The molecule has 1 atom stereocenters. The molecular formula is C20H18Cl2F3NO2. The third-order valence-electron chi connectivity index (χ3n) is 5.08. The van der Waals surface area contributed by atoms with E-state index in [1.54, 1.807) is 0 Å². The number of hydrogen-bond donors (Lipinski definition) is 2. The highest BCUT2D eigenvalue weighted by Crippen LogP contribution is 2.42. The number of aliphatic hydroxyl groups is 1. The monoisotopic (exact) mass is 431 g/mol. The van der Waals surface area contributed by atoms with E-state index in [1.807, 2.05) is 0 Å². The van der Waals surface area contributed by atoms with Gasteiger partial charge in [-0.3, -0.25) is 4.79 Å². The highest BCUT2D eigenvalue weighted by molar-refractivity contribution is 6.34. The number of nitrogens with one attached hydrogen (secondary N) is 1. The second-order valence-corrected chi connectivity index (χ2v) is 7.71. The number of rotatable bonds is 4. The molecule has 150 valence electrons. The third kappa shape index (κ3) is 4.14. The highest BCUT2D eigenvalue weighted by Gasteiger charge is 2.43. The van der Waals surface area contributed by atoms with Gasteiger partial charge in [0.25, 0.3) is 5.91 Å². The number of carbonyl (C=O) groups excluding carboxylic acids is 1. The maximum atomic E-state index is 14.1. The van der Waals surface area contributed by atoms with Gasteiger partial charge >= 0.3 is 0 Å². The molecule has 0 saturated heterocycles. The quantitative estimate of drug-likeness (QED) is 0.681. The van der Waals surface area contributed by atoms with Crippen molar-refractivity contribution >= 4 is 29.1 Å². The van der Waals surface area contributed by atoms with Gasteiger partial charge in [0.2, 0.25) is 0 Å². The zero-order valence-electron chi connectivity index (χ0n) is 14.7. The SMILES string of the molecule is O=C(NC(c1cccc(F)c1Cl)C1(O)CCC(F)CC1)c1c(F)cccc1Cl. The van der Waals surface area contributed by atoms with Crippen LogP contribution < -0.4 is 5.32 Å². The Balaban J connectivity index is 2.02. The number of alkyl halides is 1. The van der Waals surface area contributed by atoms with E-state index in [9.17, 15) is 23.1 Å². The predicted molar refractivity (Wildman–Crippen MR) is 101 cm³/mol. The summed E-state index contributed by atoms with van der Waals surface area (Å²) in [6.45, 7) is 0. The summed E-state index contributed by atoms with van der Waals surface area (Å²) in [5.74, 6) is -2.46. The molecule has 0 bridgehead atoms. The molecule has 1 aliphatic carbocycles. The van der Waals surface area contributed by atoms with Crippen molar-refractivity contribution in [1.82, 2.24) is 5.32 Å². The molecule has 1 saturated carbocycles. The average Bonchev–Trinajstić information content (AvgIpc) is 2.65. The van der Waals surface area contributed by atoms with Crippen LogP contribution in [0.3, 0.4) is 0 Å². The van der Waals surface area contributed by atoms with Crippen molar-refractivity contribution in [2.75, 3.05) is 0 Å². The first kappa shape index (κ1) is 21.0. The Morgan fingerprint density at radius 1 is 1.11 bits per heavy atom. The lowest BCUT2D eigenvalue weighted by Crippen LogP contribution is -2.49. The summed E-state index contributed by atoms with van der Waals surface area (Å²) < 4.78 is 41.8. The minimum absolute atomic E-state index is 0.0248. The van der Waals surface area contributed by atoms with Crippen molar-refractivity contribution in [3.05, 3.63) is 69.2 Å². The fourth-order valence-electron chi connectivity index (χ4n) is 3.53. The molecule has 2 aromatic carbocycles. The Kier molecular flexibility index (Phi) is 6.22. The largest absolute Gasteiger partial charge is 0.387 e. The van der Waals surface area contributed by atoms with Gasteiger partial charge in [-0.25, -0.2) is 13.2 Å². The van der Waals surface area contributed by atoms with Gasteiger partial charge in [0.1, 0.15) is 17.8 Å². The Morgan fingerprint density at radius 2 is 1.71 bits per heavy atom. The Labute approximate surface area is 170 Å². The molecule has 2 N–H and O–H groups in total. The smallest absolute Gasteiger partial charge is 0.256 e. The fraction of sp³-hybridized carbons (Fsp3) is 0.350. The Bertz CT molecular complexity index is 865. The maximum absolute atomic E-state index is 14.1. The number of carbonyl (C=O) groups is 1. The van der Waals surface area contributed by atoms with E-state index in [4.69, 9.17) is 23.2 Å². The van der Waals surface area contributed by atoms with Crippen LogP contribution in [0, 0.1) is 11.6 Å². The molecule has 0 heterocycles. The number of halogens is 5. The van der Waals surface area contributed by atoms with E-state index in [2.05, 4.69) is 5.32 Å². The van der Waals surface area contributed by atoms with Crippen LogP contribution in [0.15, 0.2) is 36.4 Å². The molecule has 1 fully saturated rings.